The van der Waals surface area contributed by atoms with Gasteiger partial charge < -0.3 is 14.8 Å². The zero-order chi connectivity index (χ0) is 28.0. The summed E-state index contributed by atoms with van der Waals surface area (Å²) in [6.45, 7) is 3.45. The molecule has 1 saturated heterocycles. The number of amides is 1. The van der Waals surface area contributed by atoms with Crippen LogP contribution in [0.4, 0.5) is 5.69 Å². The Labute approximate surface area is 233 Å². The minimum Gasteiger partial charge on any atom is -0.492 e. The second-order valence-electron chi connectivity index (χ2n) is 8.71. The molecule has 10 nitrogen and oxygen atoms in total. The molecule has 1 fully saturated rings. The monoisotopic (exact) mass is 593 g/mol. The van der Waals surface area contributed by atoms with Crippen LogP contribution in [0.3, 0.4) is 0 Å². The molecule has 13 heteroatoms. The van der Waals surface area contributed by atoms with Gasteiger partial charge in [0.2, 0.25) is 10.0 Å². The van der Waals surface area contributed by atoms with E-state index in [1.807, 2.05) is 6.92 Å². The Kier molecular flexibility index (Phi) is 9.13. The fourth-order valence-electron chi connectivity index (χ4n) is 3.77. The van der Waals surface area contributed by atoms with Gasteiger partial charge in [-0.05, 0) is 61.5 Å². The largest absolute Gasteiger partial charge is 0.492 e. The minimum atomic E-state index is -3.85. The third-order valence-corrected chi connectivity index (χ3v) is 9.52. The summed E-state index contributed by atoms with van der Waals surface area (Å²) in [6.07, 6.45) is 0. The number of rotatable bonds is 10. The lowest BCUT2D eigenvalue weighted by Crippen LogP contribution is -2.40. The highest BCUT2D eigenvalue weighted by atomic mass is 35.5. The predicted molar refractivity (Wildman–Crippen MR) is 147 cm³/mol. The maximum absolute atomic E-state index is 12.7. The van der Waals surface area contributed by atoms with Crippen LogP contribution >= 0.6 is 11.6 Å². The molecule has 1 aliphatic rings. The topological polar surface area (TPSA) is 131 Å². The van der Waals surface area contributed by atoms with Crippen LogP contribution in [0.5, 0.6) is 5.75 Å². The number of anilines is 1. The van der Waals surface area contributed by atoms with Gasteiger partial charge >= 0.3 is 0 Å². The van der Waals surface area contributed by atoms with E-state index in [0.29, 0.717) is 32.1 Å². The molecule has 3 aromatic carbocycles. The van der Waals surface area contributed by atoms with Crippen molar-refractivity contribution in [2.24, 2.45) is 0 Å². The van der Waals surface area contributed by atoms with Crippen LogP contribution in [-0.4, -0.2) is 66.5 Å². The highest BCUT2D eigenvalue weighted by Crippen LogP contribution is 2.24. The Morgan fingerprint density at radius 3 is 2.26 bits per heavy atom. The van der Waals surface area contributed by atoms with Gasteiger partial charge in [-0.15, -0.1) is 0 Å². The quantitative estimate of drug-likeness (QED) is 0.345. The van der Waals surface area contributed by atoms with E-state index in [4.69, 9.17) is 21.1 Å². The standard InChI is InChI=1S/C26H28ClN3O7S2/c1-19-2-7-22(8-3-19)38(32,33)29-20-4-11-25(27)24(18-20)26(31)28-12-15-37-21-5-9-23(10-6-21)39(34,35)30-13-16-36-17-14-30/h2-11,18,29H,12-17H2,1H3,(H,28,31). The fraction of sp³-hybridized carbons (Fsp3) is 0.269. The van der Waals surface area contributed by atoms with Gasteiger partial charge in [-0.3, -0.25) is 9.52 Å². The van der Waals surface area contributed by atoms with Gasteiger partial charge in [0.1, 0.15) is 12.4 Å². The van der Waals surface area contributed by atoms with Gasteiger partial charge in [-0.2, -0.15) is 4.31 Å². The number of aryl methyl sites for hydroxylation is 1. The van der Waals surface area contributed by atoms with Crippen LogP contribution in [0.25, 0.3) is 0 Å². The second kappa shape index (κ2) is 12.3. The molecule has 1 heterocycles. The number of nitrogens with one attached hydrogen (secondary N) is 2. The number of benzene rings is 3. The molecule has 39 heavy (non-hydrogen) atoms. The van der Waals surface area contributed by atoms with Crippen molar-refractivity contribution in [2.45, 2.75) is 16.7 Å². The lowest BCUT2D eigenvalue weighted by molar-refractivity contribution is 0.0730. The van der Waals surface area contributed by atoms with Crippen LogP contribution in [0.2, 0.25) is 5.02 Å². The number of halogens is 1. The van der Waals surface area contributed by atoms with Gasteiger partial charge in [0, 0.05) is 18.8 Å². The molecule has 0 spiro atoms. The zero-order valence-electron chi connectivity index (χ0n) is 21.1. The van der Waals surface area contributed by atoms with Crippen LogP contribution in [0.15, 0.2) is 76.5 Å². The number of sulfonamides is 2. The summed E-state index contributed by atoms with van der Waals surface area (Å²) in [5.41, 5.74) is 1.21. The average molecular weight is 594 g/mol. The van der Waals surface area contributed by atoms with E-state index in [2.05, 4.69) is 10.0 Å². The average Bonchev–Trinajstić information content (AvgIpc) is 2.93. The summed E-state index contributed by atoms with van der Waals surface area (Å²) in [5.74, 6) is -0.0670. The van der Waals surface area contributed by atoms with Gasteiger partial charge in [0.05, 0.1) is 40.1 Å². The van der Waals surface area contributed by atoms with E-state index in [1.54, 1.807) is 24.3 Å². The van der Waals surface area contributed by atoms with Crippen LogP contribution in [0, 0.1) is 6.92 Å². The Balaban J connectivity index is 1.31. The lowest BCUT2D eigenvalue weighted by Gasteiger charge is -2.26. The predicted octanol–water partition coefficient (Wildman–Crippen LogP) is 3.28. The summed E-state index contributed by atoms with van der Waals surface area (Å²) in [6, 6.07) is 16.7. The molecule has 0 unspecified atom stereocenters. The number of hydrogen-bond donors (Lipinski definition) is 2. The number of carbonyl (C=O) groups is 1. The first kappa shape index (κ1) is 28.8. The molecule has 0 aliphatic carbocycles. The van der Waals surface area contributed by atoms with E-state index < -0.39 is 26.0 Å². The summed E-state index contributed by atoms with van der Waals surface area (Å²) in [4.78, 5) is 13.0. The van der Waals surface area contributed by atoms with Crippen molar-refractivity contribution in [1.82, 2.24) is 9.62 Å². The van der Waals surface area contributed by atoms with Crippen molar-refractivity contribution in [1.29, 1.82) is 0 Å². The highest BCUT2D eigenvalue weighted by Gasteiger charge is 2.26. The van der Waals surface area contributed by atoms with Gasteiger partial charge in [-0.25, -0.2) is 16.8 Å². The van der Waals surface area contributed by atoms with Crippen LogP contribution in [-0.2, 0) is 24.8 Å². The molecule has 0 bridgehead atoms. The molecule has 2 N–H and O–H groups in total. The first-order valence-corrected chi connectivity index (χ1v) is 15.3. The minimum absolute atomic E-state index is 0.0953. The molecule has 1 aliphatic heterocycles. The molecular weight excluding hydrogens is 566 g/mol. The van der Waals surface area contributed by atoms with Gasteiger partial charge in [-0.1, -0.05) is 29.3 Å². The van der Waals surface area contributed by atoms with E-state index >= 15 is 0 Å². The molecule has 0 atom stereocenters. The number of nitrogens with zero attached hydrogens (tertiary/aromatic N) is 1. The molecule has 4 rings (SSSR count). The zero-order valence-corrected chi connectivity index (χ0v) is 23.5. The normalized spacial score (nSPS) is 14.5. The smallest absolute Gasteiger partial charge is 0.261 e. The third kappa shape index (κ3) is 7.28. The number of morpholine rings is 1. The molecule has 3 aromatic rings. The molecule has 0 saturated carbocycles. The first-order chi connectivity index (χ1) is 18.6. The summed E-state index contributed by atoms with van der Waals surface area (Å²) >= 11 is 6.18. The Hall–Kier alpha value is -3.16. The SMILES string of the molecule is Cc1ccc(S(=O)(=O)Nc2ccc(Cl)c(C(=O)NCCOc3ccc(S(=O)(=O)N4CCOCC4)cc3)c2)cc1. The number of ether oxygens (including phenoxy) is 2. The Morgan fingerprint density at radius 2 is 1.59 bits per heavy atom. The number of carbonyl (C=O) groups excluding carboxylic acids is 1. The van der Waals surface area contributed by atoms with Crippen molar-refractivity contribution in [3.63, 3.8) is 0 Å². The Bertz CT molecular complexity index is 1520. The van der Waals surface area contributed by atoms with Gasteiger partial charge in [0.15, 0.2) is 0 Å². The van der Waals surface area contributed by atoms with Gasteiger partial charge in [0.25, 0.3) is 15.9 Å². The molecule has 1 amide bonds. The molecule has 0 radical (unpaired) electrons. The molecule has 208 valence electrons. The lowest BCUT2D eigenvalue weighted by atomic mass is 10.2. The van der Waals surface area contributed by atoms with E-state index in [0.717, 1.165) is 5.56 Å². The first-order valence-electron chi connectivity index (χ1n) is 12.0. The van der Waals surface area contributed by atoms with E-state index in [9.17, 15) is 21.6 Å². The van der Waals surface area contributed by atoms with Crippen molar-refractivity contribution < 1.29 is 31.1 Å². The van der Waals surface area contributed by atoms with Crippen LogP contribution < -0.4 is 14.8 Å². The van der Waals surface area contributed by atoms with Crippen LogP contribution in [0.1, 0.15) is 15.9 Å². The van der Waals surface area contributed by atoms with Crippen molar-refractivity contribution in [3.8, 4) is 5.75 Å². The summed E-state index contributed by atoms with van der Waals surface area (Å²) in [5, 5.41) is 2.83. The van der Waals surface area contributed by atoms with E-state index in [1.165, 1.54) is 46.8 Å². The second-order valence-corrected chi connectivity index (χ2v) is 12.7. The summed E-state index contributed by atoms with van der Waals surface area (Å²) < 4.78 is 65.5. The summed E-state index contributed by atoms with van der Waals surface area (Å²) in [7, 11) is -7.44. The Morgan fingerprint density at radius 1 is 0.949 bits per heavy atom. The van der Waals surface area contributed by atoms with Crippen molar-refractivity contribution >= 4 is 43.2 Å². The molecule has 0 aromatic heterocycles. The third-order valence-electron chi connectivity index (χ3n) is 5.88. The van der Waals surface area contributed by atoms with Crippen molar-refractivity contribution in [3.05, 3.63) is 82.9 Å². The maximum atomic E-state index is 12.7. The van der Waals surface area contributed by atoms with E-state index in [-0.39, 0.29) is 39.2 Å². The maximum Gasteiger partial charge on any atom is 0.261 e. The fourth-order valence-corrected chi connectivity index (χ4v) is 6.43. The molecular formula is C26H28ClN3O7S2. The number of hydrogen-bond acceptors (Lipinski definition) is 7. The van der Waals surface area contributed by atoms with Crippen molar-refractivity contribution in [2.75, 3.05) is 44.2 Å². The highest BCUT2D eigenvalue weighted by molar-refractivity contribution is 7.92.